The average molecular weight is 350 g/mol. The van der Waals surface area contributed by atoms with Crippen LogP contribution in [0.1, 0.15) is 17.9 Å². The molecule has 1 aromatic carbocycles. The summed E-state index contributed by atoms with van der Waals surface area (Å²) in [5.41, 5.74) is 1.03. The summed E-state index contributed by atoms with van der Waals surface area (Å²) in [4.78, 5) is 10.7. The molecule has 3 nitrogen and oxygen atoms in total. The van der Waals surface area contributed by atoms with Gasteiger partial charge in [-0.05, 0) is 17.7 Å². The molecule has 86 valence electrons. The summed E-state index contributed by atoms with van der Waals surface area (Å²) < 4.78 is -0.324. The van der Waals surface area contributed by atoms with Crippen LogP contribution < -0.4 is 0 Å². The molecule has 5 heteroatoms. The molecule has 0 heterocycles. The first-order valence-electron chi connectivity index (χ1n) is 4.81. The highest BCUT2D eigenvalue weighted by atomic mass is 79.9. The van der Waals surface area contributed by atoms with E-state index in [1.54, 1.807) is 12.1 Å². The highest BCUT2D eigenvalue weighted by molar-refractivity contribution is 9.25. The second-order valence-electron chi connectivity index (χ2n) is 3.95. The maximum Gasteiger partial charge on any atom is 0.303 e. The van der Waals surface area contributed by atoms with E-state index in [0.29, 0.717) is 0 Å². The largest absolute Gasteiger partial charge is 0.508 e. The monoisotopic (exact) mass is 348 g/mol. The highest BCUT2D eigenvalue weighted by Gasteiger charge is 2.62. The van der Waals surface area contributed by atoms with Crippen LogP contribution in [0, 0.1) is 5.92 Å². The van der Waals surface area contributed by atoms with Gasteiger partial charge >= 0.3 is 5.97 Å². The van der Waals surface area contributed by atoms with E-state index in [4.69, 9.17) is 5.11 Å². The van der Waals surface area contributed by atoms with Gasteiger partial charge in [0.1, 0.15) is 5.75 Å². The Labute approximate surface area is 110 Å². The zero-order valence-electron chi connectivity index (χ0n) is 8.23. The van der Waals surface area contributed by atoms with Gasteiger partial charge in [0.25, 0.3) is 0 Å². The standard InChI is InChI=1S/C11H10Br2O3/c12-11(13)8(5-9(15)16)10(11)6-1-3-7(14)4-2-6/h1-4,8,10,14H,5H2,(H,15,16). The second-order valence-corrected chi connectivity index (χ2v) is 7.64. The maximum atomic E-state index is 10.7. The van der Waals surface area contributed by atoms with E-state index in [0.717, 1.165) is 5.56 Å². The topological polar surface area (TPSA) is 57.5 Å². The van der Waals surface area contributed by atoms with Crippen LogP contribution in [0.4, 0.5) is 0 Å². The molecule has 1 saturated carbocycles. The zero-order chi connectivity index (χ0) is 11.9. The van der Waals surface area contributed by atoms with Gasteiger partial charge in [-0.25, -0.2) is 0 Å². The van der Waals surface area contributed by atoms with Crippen LogP contribution >= 0.6 is 31.9 Å². The van der Waals surface area contributed by atoms with Crippen molar-refractivity contribution in [3.8, 4) is 5.75 Å². The van der Waals surface area contributed by atoms with Crippen molar-refractivity contribution in [2.75, 3.05) is 0 Å². The number of phenolic OH excluding ortho intramolecular Hbond substituents is 1. The van der Waals surface area contributed by atoms with Gasteiger partial charge in [0.05, 0.1) is 9.65 Å². The predicted molar refractivity (Wildman–Crippen MR) is 67.2 cm³/mol. The number of aliphatic carboxylic acids is 1. The number of carboxylic acids is 1. The third-order valence-electron chi connectivity index (χ3n) is 2.85. The Morgan fingerprint density at radius 3 is 2.38 bits per heavy atom. The minimum Gasteiger partial charge on any atom is -0.508 e. The molecular weight excluding hydrogens is 340 g/mol. The summed E-state index contributed by atoms with van der Waals surface area (Å²) >= 11 is 6.99. The normalized spacial score (nSPS) is 26.4. The van der Waals surface area contributed by atoms with E-state index in [1.165, 1.54) is 0 Å². The molecule has 2 unspecified atom stereocenters. The molecule has 0 aliphatic heterocycles. The minimum atomic E-state index is -0.797. The van der Waals surface area contributed by atoms with Gasteiger partial charge in [-0.15, -0.1) is 0 Å². The highest BCUT2D eigenvalue weighted by Crippen LogP contribution is 2.68. The van der Waals surface area contributed by atoms with Gasteiger partial charge in [-0.1, -0.05) is 44.0 Å². The van der Waals surface area contributed by atoms with Crippen LogP contribution in [0.2, 0.25) is 0 Å². The molecule has 1 aliphatic carbocycles. The lowest BCUT2D eigenvalue weighted by Crippen LogP contribution is -1.99. The third-order valence-corrected chi connectivity index (χ3v) is 5.01. The van der Waals surface area contributed by atoms with Gasteiger partial charge in [0.2, 0.25) is 0 Å². The van der Waals surface area contributed by atoms with Crippen molar-refractivity contribution in [2.45, 2.75) is 15.6 Å². The molecule has 0 aromatic heterocycles. The van der Waals surface area contributed by atoms with E-state index >= 15 is 0 Å². The van der Waals surface area contributed by atoms with Gasteiger partial charge in [-0.3, -0.25) is 4.79 Å². The van der Waals surface area contributed by atoms with E-state index in [-0.39, 0.29) is 27.2 Å². The van der Waals surface area contributed by atoms with Crippen molar-refractivity contribution in [3.63, 3.8) is 0 Å². The molecule has 0 amide bonds. The van der Waals surface area contributed by atoms with E-state index in [1.807, 2.05) is 12.1 Å². The van der Waals surface area contributed by atoms with Crippen molar-refractivity contribution in [2.24, 2.45) is 5.92 Å². The van der Waals surface area contributed by atoms with Gasteiger partial charge < -0.3 is 10.2 Å². The molecule has 0 spiro atoms. The first-order chi connectivity index (χ1) is 7.43. The van der Waals surface area contributed by atoms with Crippen molar-refractivity contribution in [1.82, 2.24) is 0 Å². The maximum absolute atomic E-state index is 10.7. The van der Waals surface area contributed by atoms with Gasteiger partial charge in [0, 0.05) is 11.8 Å². The van der Waals surface area contributed by atoms with E-state index < -0.39 is 5.97 Å². The van der Waals surface area contributed by atoms with Gasteiger partial charge in [0.15, 0.2) is 0 Å². The first-order valence-corrected chi connectivity index (χ1v) is 6.40. The fourth-order valence-electron chi connectivity index (χ4n) is 1.97. The van der Waals surface area contributed by atoms with Crippen molar-refractivity contribution in [1.29, 1.82) is 0 Å². The smallest absolute Gasteiger partial charge is 0.303 e. The molecule has 2 atom stereocenters. The molecule has 1 aliphatic rings. The van der Waals surface area contributed by atoms with Crippen LogP contribution in [-0.2, 0) is 4.79 Å². The Bertz CT molecular complexity index is 414. The summed E-state index contributed by atoms with van der Waals surface area (Å²) in [6.45, 7) is 0. The zero-order valence-corrected chi connectivity index (χ0v) is 11.4. The number of carboxylic acid groups (broad SMARTS) is 1. The Hall–Kier alpha value is -0.550. The Kier molecular flexibility index (Phi) is 3.01. The molecule has 0 radical (unpaired) electrons. The fraction of sp³-hybridized carbons (Fsp3) is 0.364. The lowest BCUT2D eigenvalue weighted by atomic mass is 10.1. The number of alkyl halides is 2. The Balaban J connectivity index is 2.17. The molecule has 16 heavy (non-hydrogen) atoms. The molecule has 0 bridgehead atoms. The predicted octanol–water partition coefficient (Wildman–Crippen LogP) is 3.07. The first kappa shape index (κ1) is 11.9. The molecule has 2 N–H and O–H groups in total. The number of benzene rings is 1. The second kappa shape index (κ2) is 4.04. The Morgan fingerprint density at radius 1 is 1.31 bits per heavy atom. The molecule has 0 saturated heterocycles. The van der Waals surface area contributed by atoms with Gasteiger partial charge in [-0.2, -0.15) is 0 Å². The Morgan fingerprint density at radius 2 is 1.88 bits per heavy atom. The van der Waals surface area contributed by atoms with E-state index in [9.17, 15) is 9.90 Å². The molecule has 2 rings (SSSR count). The third kappa shape index (κ3) is 2.11. The van der Waals surface area contributed by atoms with Crippen molar-refractivity contribution < 1.29 is 15.0 Å². The van der Waals surface area contributed by atoms with Crippen molar-refractivity contribution >= 4 is 37.8 Å². The lowest BCUT2D eigenvalue weighted by molar-refractivity contribution is -0.137. The number of phenols is 1. The number of rotatable bonds is 3. The quantitative estimate of drug-likeness (QED) is 0.824. The summed E-state index contributed by atoms with van der Waals surface area (Å²) in [5, 5.41) is 18.0. The van der Waals surface area contributed by atoms with Crippen LogP contribution in [0.25, 0.3) is 0 Å². The van der Waals surface area contributed by atoms with Crippen LogP contribution in [0.5, 0.6) is 5.75 Å². The number of halogens is 2. The number of carbonyl (C=O) groups is 1. The molecular formula is C11H10Br2O3. The van der Waals surface area contributed by atoms with Crippen LogP contribution in [0.15, 0.2) is 24.3 Å². The minimum absolute atomic E-state index is 0.0366. The van der Waals surface area contributed by atoms with Crippen LogP contribution in [0.3, 0.4) is 0 Å². The number of hydrogen-bond acceptors (Lipinski definition) is 2. The number of aromatic hydroxyl groups is 1. The lowest BCUT2D eigenvalue weighted by Gasteiger charge is -2.00. The number of hydrogen-bond donors (Lipinski definition) is 2. The molecule has 1 aromatic rings. The van der Waals surface area contributed by atoms with Crippen LogP contribution in [-0.4, -0.2) is 19.4 Å². The summed E-state index contributed by atoms with van der Waals surface area (Å²) in [6, 6.07) is 6.86. The van der Waals surface area contributed by atoms with Crippen molar-refractivity contribution in [3.05, 3.63) is 29.8 Å². The average Bonchev–Trinajstić information content (AvgIpc) is 2.69. The summed E-state index contributed by atoms with van der Waals surface area (Å²) in [5.74, 6) is -0.415. The summed E-state index contributed by atoms with van der Waals surface area (Å²) in [7, 11) is 0. The van der Waals surface area contributed by atoms with E-state index in [2.05, 4.69) is 31.9 Å². The fourth-order valence-corrected chi connectivity index (χ4v) is 3.72. The SMILES string of the molecule is O=C(O)CC1C(c2ccc(O)cc2)C1(Br)Br. The molecule has 1 fully saturated rings. The summed E-state index contributed by atoms with van der Waals surface area (Å²) in [6.07, 6.45) is 0.127.